The minimum Gasteiger partial charge on any atom is -0.496 e. The van der Waals surface area contributed by atoms with E-state index < -0.39 is 17.8 Å². The lowest BCUT2D eigenvalue weighted by Gasteiger charge is -2.37. The molecule has 8 nitrogen and oxygen atoms in total. The van der Waals surface area contributed by atoms with Crippen LogP contribution in [0.25, 0.3) is 0 Å². The molecular weight excluding hydrogens is 554 g/mol. The number of allylic oxidation sites excluding steroid dienone is 2. The number of carbonyl (C=O) groups is 2. The fourth-order valence-electron chi connectivity index (χ4n) is 5.31. The number of Topliss-reactive ketones (excluding diaryl/α,β-unsaturated/α-hetero) is 1. The Balaban J connectivity index is 1.79. The number of benzene rings is 2. The van der Waals surface area contributed by atoms with Crippen molar-refractivity contribution in [1.82, 2.24) is 0 Å². The molecule has 1 aliphatic carbocycles. The van der Waals surface area contributed by atoms with Crippen LogP contribution in [-0.2, 0) is 19.1 Å². The van der Waals surface area contributed by atoms with Crippen molar-refractivity contribution in [3.63, 3.8) is 0 Å². The summed E-state index contributed by atoms with van der Waals surface area (Å²) in [6.45, 7) is 2.20. The van der Waals surface area contributed by atoms with Crippen molar-refractivity contribution < 1.29 is 33.3 Å². The van der Waals surface area contributed by atoms with E-state index in [0.29, 0.717) is 40.7 Å². The Labute approximate surface area is 231 Å². The van der Waals surface area contributed by atoms with Crippen molar-refractivity contribution in [2.45, 2.75) is 31.6 Å². The van der Waals surface area contributed by atoms with Crippen molar-refractivity contribution >= 4 is 33.4 Å². The summed E-state index contributed by atoms with van der Waals surface area (Å²) in [5, 5.41) is 0. The largest absolute Gasteiger partial charge is 0.496 e. The lowest BCUT2D eigenvalue weighted by atomic mass is 9.69. The van der Waals surface area contributed by atoms with E-state index in [2.05, 4.69) is 15.9 Å². The van der Waals surface area contributed by atoms with E-state index in [1.807, 2.05) is 43.3 Å². The summed E-state index contributed by atoms with van der Waals surface area (Å²) in [5.74, 6) is -0.130. The molecule has 0 aromatic heterocycles. The van der Waals surface area contributed by atoms with Crippen LogP contribution < -0.4 is 14.2 Å². The molecule has 0 bridgehead atoms. The summed E-state index contributed by atoms with van der Waals surface area (Å²) in [7, 11) is 6.30. The second-order valence-electron chi connectivity index (χ2n) is 9.26. The Hall–Kier alpha value is -3.17. The molecule has 2 aliphatic rings. The number of ketones is 1. The molecule has 0 spiro atoms. The monoisotopic (exact) mass is 585 g/mol. The number of methoxy groups -OCH3 is 4. The first-order chi connectivity index (χ1) is 18.3. The van der Waals surface area contributed by atoms with Gasteiger partial charge in [-0.3, -0.25) is 14.6 Å². The Morgan fingerprint density at radius 1 is 0.947 bits per heavy atom. The number of rotatable bonds is 9. The predicted molar refractivity (Wildman–Crippen MR) is 146 cm³/mol. The summed E-state index contributed by atoms with van der Waals surface area (Å²) in [4.78, 5) is 32.1. The lowest BCUT2D eigenvalue weighted by Crippen LogP contribution is -2.38. The van der Waals surface area contributed by atoms with E-state index in [0.717, 1.165) is 15.6 Å². The molecule has 3 atom stereocenters. The Bertz CT molecular complexity index is 1290. The molecule has 1 aliphatic heterocycles. The van der Waals surface area contributed by atoms with Gasteiger partial charge < -0.3 is 23.7 Å². The molecule has 0 radical (unpaired) electrons. The highest BCUT2D eigenvalue weighted by molar-refractivity contribution is 9.10. The van der Waals surface area contributed by atoms with Crippen LogP contribution in [0.4, 0.5) is 0 Å². The third-order valence-corrected chi connectivity index (χ3v) is 7.57. The van der Waals surface area contributed by atoms with Gasteiger partial charge in [0.05, 0.1) is 27.9 Å². The first-order valence-corrected chi connectivity index (χ1v) is 13.1. The molecule has 38 heavy (non-hydrogen) atoms. The van der Waals surface area contributed by atoms with Crippen molar-refractivity contribution in [3.05, 3.63) is 63.3 Å². The molecular formula is C29H32BrNO7. The van der Waals surface area contributed by atoms with Crippen LogP contribution in [0, 0.1) is 5.92 Å². The normalized spacial score (nSPS) is 20.9. The van der Waals surface area contributed by atoms with E-state index in [1.165, 1.54) is 0 Å². The van der Waals surface area contributed by atoms with Crippen molar-refractivity contribution in [3.8, 4) is 17.2 Å². The first-order valence-electron chi connectivity index (χ1n) is 12.3. The topological polar surface area (TPSA) is 92.7 Å². The average Bonchev–Trinajstić information content (AvgIpc) is 2.91. The predicted octanol–water partition coefficient (Wildman–Crippen LogP) is 5.24. The maximum absolute atomic E-state index is 13.9. The van der Waals surface area contributed by atoms with Crippen LogP contribution in [-0.4, -0.2) is 59.1 Å². The second kappa shape index (κ2) is 12.1. The summed E-state index contributed by atoms with van der Waals surface area (Å²) in [5.41, 5.74) is 3.52. The highest BCUT2D eigenvalue weighted by Crippen LogP contribution is 2.49. The minimum absolute atomic E-state index is 0.0518. The van der Waals surface area contributed by atoms with Gasteiger partial charge in [-0.25, -0.2) is 0 Å². The number of esters is 1. The van der Waals surface area contributed by atoms with Crippen LogP contribution in [0.1, 0.15) is 42.7 Å². The third kappa shape index (κ3) is 5.49. The van der Waals surface area contributed by atoms with Crippen molar-refractivity contribution in [2.75, 3.05) is 41.7 Å². The Kier molecular flexibility index (Phi) is 8.89. The number of halogens is 1. The summed E-state index contributed by atoms with van der Waals surface area (Å²) in [6.07, 6.45) is 0.827. The van der Waals surface area contributed by atoms with Crippen LogP contribution in [0.3, 0.4) is 0 Å². The molecule has 2 aromatic carbocycles. The quantitative estimate of drug-likeness (QED) is 0.293. The lowest BCUT2D eigenvalue weighted by molar-refractivity contribution is -0.147. The van der Waals surface area contributed by atoms with E-state index in [1.54, 1.807) is 28.4 Å². The van der Waals surface area contributed by atoms with Crippen LogP contribution in [0.15, 0.2) is 57.1 Å². The van der Waals surface area contributed by atoms with E-state index in [-0.39, 0.29) is 31.3 Å². The number of hydrogen-bond donors (Lipinski definition) is 0. The zero-order valence-corrected chi connectivity index (χ0v) is 23.8. The van der Waals surface area contributed by atoms with Gasteiger partial charge >= 0.3 is 5.97 Å². The van der Waals surface area contributed by atoms with Gasteiger partial charge in [-0.15, -0.1) is 0 Å². The van der Waals surface area contributed by atoms with Gasteiger partial charge in [0.2, 0.25) is 0 Å². The van der Waals surface area contributed by atoms with Gasteiger partial charge in [0.1, 0.15) is 18.3 Å². The van der Waals surface area contributed by atoms with Gasteiger partial charge in [-0.05, 0) is 55.2 Å². The van der Waals surface area contributed by atoms with Crippen LogP contribution >= 0.6 is 15.9 Å². The molecule has 0 N–H and O–H groups in total. The van der Waals surface area contributed by atoms with Crippen molar-refractivity contribution in [1.29, 1.82) is 0 Å². The van der Waals surface area contributed by atoms with Crippen LogP contribution in [0.5, 0.6) is 17.2 Å². The molecule has 4 rings (SSSR count). The number of ether oxygens (including phenoxy) is 5. The fraction of sp³-hybridized carbons (Fsp3) is 0.414. The first kappa shape index (κ1) is 27.9. The number of aliphatic imine (C=N–C) groups is 1. The SMILES string of the molecule is COCCOC(=O)C1C(C)=NC2=C(C(=O)C[C@H](c3ccc(OC)c(OC)c3)C2)[C@@H]1c1cc(Br)ccc1OC. The second-order valence-corrected chi connectivity index (χ2v) is 10.2. The molecule has 1 unspecified atom stereocenters. The standard InChI is InChI=1S/C29H32BrNO7/c1-16-26(29(33)38-11-10-34-2)27(20-15-19(30)7-9-23(20)35-3)28-21(31-16)12-18(13-22(28)32)17-6-8-24(36-4)25(14-17)37-5/h6-9,14-15,18,26-27H,10-13H2,1-5H3/t18-,26?,27-/m1/s1. The van der Waals surface area contributed by atoms with Crippen LogP contribution in [0.2, 0.25) is 0 Å². The van der Waals surface area contributed by atoms with E-state index >= 15 is 0 Å². The maximum atomic E-state index is 13.9. The number of nitrogens with zero attached hydrogens (tertiary/aromatic N) is 1. The summed E-state index contributed by atoms with van der Waals surface area (Å²) >= 11 is 3.54. The van der Waals surface area contributed by atoms with E-state index in [9.17, 15) is 9.59 Å². The molecule has 1 heterocycles. The third-order valence-electron chi connectivity index (χ3n) is 7.08. The van der Waals surface area contributed by atoms with Gasteiger partial charge in [0.15, 0.2) is 17.3 Å². The summed E-state index contributed by atoms with van der Waals surface area (Å²) < 4.78 is 27.9. The Morgan fingerprint density at radius 2 is 1.66 bits per heavy atom. The smallest absolute Gasteiger partial charge is 0.315 e. The average molecular weight is 586 g/mol. The zero-order chi connectivity index (χ0) is 27.4. The molecule has 0 fully saturated rings. The molecule has 0 amide bonds. The molecule has 2 aromatic rings. The van der Waals surface area contributed by atoms with Gasteiger partial charge in [0.25, 0.3) is 0 Å². The van der Waals surface area contributed by atoms with Crippen molar-refractivity contribution in [2.24, 2.45) is 10.9 Å². The number of hydrogen-bond acceptors (Lipinski definition) is 8. The van der Waals surface area contributed by atoms with Gasteiger partial charge in [-0.1, -0.05) is 22.0 Å². The molecule has 0 saturated heterocycles. The van der Waals surface area contributed by atoms with Gasteiger partial charge in [-0.2, -0.15) is 0 Å². The molecule has 0 saturated carbocycles. The number of carbonyl (C=O) groups excluding carboxylic acids is 2. The van der Waals surface area contributed by atoms with E-state index in [4.69, 9.17) is 28.7 Å². The maximum Gasteiger partial charge on any atom is 0.315 e. The molecule has 9 heteroatoms. The minimum atomic E-state index is -0.768. The zero-order valence-electron chi connectivity index (χ0n) is 22.2. The summed E-state index contributed by atoms with van der Waals surface area (Å²) in [6, 6.07) is 11.3. The highest BCUT2D eigenvalue weighted by atomic mass is 79.9. The Morgan fingerprint density at radius 3 is 2.34 bits per heavy atom. The van der Waals surface area contributed by atoms with Gasteiger partial charge in [0, 0.05) is 46.5 Å². The molecule has 202 valence electrons. The fourth-order valence-corrected chi connectivity index (χ4v) is 5.69. The highest BCUT2D eigenvalue weighted by Gasteiger charge is 2.46.